The van der Waals surface area contributed by atoms with Gasteiger partial charge in [-0.15, -0.1) is 4.40 Å². The first-order valence-corrected chi connectivity index (χ1v) is 9.00. The van der Waals surface area contributed by atoms with Crippen LogP contribution < -0.4 is 11.5 Å². The maximum Gasteiger partial charge on any atom is 0.285 e. The number of phenols is 1. The minimum Gasteiger partial charge on any atom is -0.506 e. The highest BCUT2D eigenvalue weighted by Crippen LogP contribution is 2.32. The molecule has 2 aromatic carbocycles. The third kappa shape index (κ3) is 4.55. The topological polar surface area (TPSA) is 174 Å². The summed E-state index contributed by atoms with van der Waals surface area (Å²) in [6.07, 6.45) is 1.21. The maximum atomic E-state index is 11.8. The molecule has 26 heavy (non-hydrogen) atoms. The third-order valence-corrected chi connectivity index (χ3v) is 4.92. The number of guanidine groups is 1. The second kappa shape index (κ2) is 7.49. The maximum absolute atomic E-state index is 11.8. The van der Waals surface area contributed by atoms with E-state index in [1.807, 2.05) is 0 Å². The summed E-state index contributed by atoms with van der Waals surface area (Å²) in [7, 11) is -4.01. The molecule has 0 aliphatic carbocycles. The molecule has 12 heteroatoms. The number of hydrogen-bond donors (Lipinski definition) is 3. The second-order valence-corrected chi connectivity index (χ2v) is 7.32. The van der Waals surface area contributed by atoms with Crippen LogP contribution in [0.3, 0.4) is 0 Å². The van der Waals surface area contributed by atoms with Crippen LogP contribution in [0.5, 0.6) is 5.75 Å². The lowest BCUT2D eigenvalue weighted by molar-refractivity contribution is -0.385. The Bertz CT molecular complexity index is 1010. The number of aliphatic imine (C=N–C) groups is 1. The zero-order chi connectivity index (χ0) is 19.5. The van der Waals surface area contributed by atoms with Crippen molar-refractivity contribution in [2.45, 2.75) is 4.90 Å². The van der Waals surface area contributed by atoms with Crippen LogP contribution in [0.15, 0.2) is 55.2 Å². The van der Waals surface area contributed by atoms with Crippen LogP contribution in [0.25, 0.3) is 0 Å². The average molecular weight is 442 g/mol. The summed E-state index contributed by atoms with van der Waals surface area (Å²) >= 11 is 3.03. The predicted octanol–water partition coefficient (Wildman–Crippen LogP) is 1.78. The van der Waals surface area contributed by atoms with Gasteiger partial charge in [0.15, 0.2) is 0 Å². The molecule has 0 radical (unpaired) electrons. The highest BCUT2D eigenvalue weighted by atomic mass is 79.9. The number of non-ortho nitro benzene ring substituents is 1. The van der Waals surface area contributed by atoms with E-state index in [0.29, 0.717) is 5.69 Å². The second-order valence-electron chi connectivity index (χ2n) is 4.87. The van der Waals surface area contributed by atoms with Crippen LogP contribution in [-0.4, -0.2) is 30.6 Å². The minimum atomic E-state index is -4.01. The molecule has 0 fully saturated rings. The molecular weight excluding hydrogens is 430 g/mol. The van der Waals surface area contributed by atoms with E-state index in [1.54, 1.807) is 0 Å². The standard InChI is InChI=1S/C14H12BrN5O5S/c15-12-6-10(20(22)23)5-8(13(12)21)7-18-9-1-3-11(4-2-9)26(24,25)19-14(16)17/h1-7,21H,(H4,16,17,19). The van der Waals surface area contributed by atoms with Gasteiger partial charge < -0.3 is 16.6 Å². The van der Waals surface area contributed by atoms with E-state index < -0.39 is 20.9 Å². The van der Waals surface area contributed by atoms with Gasteiger partial charge in [-0.1, -0.05) is 0 Å². The Morgan fingerprint density at radius 3 is 2.38 bits per heavy atom. The highest BCUT2D eigenvalue weighted by molar-refractivity contribution is 9.10. The van der Waals surface area contributed by atoms with Gasteiger partial charge in [0.25, 0.3) is 15.7 Å². The number of hydrogen-bond acceptors (Lipinski definition) is 6. The molecule has 0 saturated heterocycles. The van der Waals surface area contributed by atoms with E-state index in [4.69, 9.17) is 11.5 Å². The molecule has 5 N–H and O–H groups in total. The molecule has 0 saturated carbocycles. The summed E-state index contributed by atoms with van der Waals surface area (Å²) in [5, 5.41) is 20.8. The van der Waals surface area contributed by atoms with Crippen molar-refractivity contribution in [2.24, 2.45) is 20.9 Å². The lowest BCUT2D eigenvalue weighted by Crippen LogP contribution is -2.24. The SMILES string of the molecule is NC(N)=NS(=O)(=O)c1ccc(N=Cc2cc([N+](=O)[O-])cc(Br)c2O)cc1. The zero-order valence-electron chi connectivity index (χ0n) is 12.9. The van der Waals surface area contributed by atoms with Crippen molar-refractivity contribution in [3.8, 4) is 5.75 Å². The Morgan fingerprint density at radius 2 is 1.85 bits per heavy atom. The summed E-state index contributed by atoms with van der Waals surface area (Å²) < 4.78 is 27.0. The Morgan fingerprint density at radius 1 is 1.23 bits per heavy atom. The number of halogens is 1. The molecule has 0 bridgehead atoms. The number of nitrogens with two attached hydrogens (primary N) is 2. The highest BCUT2D eigenvalue weighted by Gasteiger charge is 2.14. The molecule has 0 heterocycles. The van der Waals surface area contributed by atoms with Crippen LogP contribution >= 0.6 is 15.9 Å². The van der Waals surface area contributed by atoms with Gasteiger partial charge in [-0.25, -0.2) is 0 Å². The van der Waals surface area contributed by atoms with Gasteiger partial charge in [0.1, 0.15) is 5.75 Å². The molecule has 0 aromatic heterocycles. The molecule has 0 atom stereocenters. The summed E-state index contributed by atoms with van der Waals surface area (Å²) in [5.74, 6) is -0.801. The molecule has 0 amide bonds. The Kier molecular flexibility index (Phi) is 5.57. The number of aromatic hydroxyl groups is 1. The lowest BCUT2D eigenvalue weighted by atomic mass is 10.2. The van der Waals surface area contributed by atoms with Crippen LogP contribution in [0.4, 0.5) is 11.4 Å². The van der Waals surface area contributed by atoms with E-state index in [9.17, 15) is 23.6 Å². The summed E-state index contributed by atoms with van der Waals surface area (Å²) in [6, 6.07) is 7.58. The molecule has 0 unspecified atom stereocenters. The van der Waals surface area contributed by atoms with Gasteiger partial charge in [0.2, 0.25) is 5.96 Å². The monoisotopic (exact) mass is 441 g/mol. The fourth-order valence-electron chi connectivity index (χ4n) is 1.85. The van der Waals surface area contributed by atoms with Gasteiger partial charge >= 0.3 is 0 Å². The first-order valence-electron chi connectivity index (χ1n) is 6.77. The molecule has 136 valence electrons. The van der Waals surface area contributed by atoms with Crippen molar-refractivity contribution in [1.82, 2.24) is 0 Å². The fourth-order valence-corrected chi connectivity index (χ4v) is 3.18. The molecular formula is C14H12BrN5O5S. The molecule has 10 nitrogen and oxygen atoms in total. The number of sulfonamides is 1. The molecule has 2 rings (SSSR count). The van der Waals surface area contributed by atoms with E-state index in [2.05, 4.69) is 25.3 Å². The largest absolute Gasteiger partial charge is 0.506 e. The van der Waals surface area contributed by atoms with Crippen molar-refractivity contribution in [1.29, 1.82) is 0 Å². The number of phenolic OH excluding ortho intramolecular Hbond substituents is 1. The third-order valence-electron chi connectivity index (χ3n) is 3.00. The van der Waals surface area contributed by atoms with Crippen molar-refractivity contribution >= 4 is 49.5 Å². The minimum absolute atomic E-state index is 0.114. The summed E-state index contributed by atoms with van der Waals surface area (Å²) in [5.41, 5.74) is 10.4. The molecule has 0 aliphatic heterocycles. The van der Waals surface area contributed by atoms with Crippen molar-refractivity contribution < 1.29 is 18.4 Å². The van der Waals surface area contributed by atoms with Crippen molar-refractivity contribution in [3.63, 3.8) is 0 Å². The number of rotatable bonds is 5. The number of nitro benzene ring substituents is 1. The molecule has 0 spiro atoms. The van der Waals surface area contributed by atoms with Gasteiger partial charge in [0, 0.05) is 23.9 Å². The Hall–Kier alpha value is -2.99. The van der Waals surface area contributed by atoms with Crippen LogP contribution in [-0.2, 0) is 10.0 Å². The number of nitro groups is 1. The normalized spacial score (nSPS) is 11.4. The quantitative estimate of drug-likeness (QED) is 0.274. The van der Waals surface area contributed by atoms with Crippen molar-refractivity contribution in [3.05, 3.63) is 56.5 Å². The smallest absolute Gasteiger partial charge is 0.285 e. The lowest BCUT2D eigenvalue weighted by Gasteiger charge is -2.02. The van der Waals surface area contributed by atoms with Crippen molar-refractivity contribution in [2.75, 3.05) is 0 Å². The predicted molar refractivity (Wildman–Crippen MR) is 99.2 cm³/mol. The Balaban J connectivity index is 2.33. The fraction of sp³-hybridized carbons (Fsp3) is 0. The zero-order valence-corrected chi connectivity index (χ0v) is 15.3. The average Bonchev–Trinajstić information content (AvgIpc) is 2.55. The number of nitrogens with zero attached hydrogens (tertiary/aromatic N) is 3. The first-order chi connectivity index (χ1) is 12.1. The summed E-state index contributed by atoms with van der Waals surface area (Å²) in [6.45, 7) is 0. The van der Waals surface area contributed by atoms with Gasteiger partial charge in [0.05, 0.1) is 20.0 Å². The Labute approximate surface area is 156 Å². The summed E-state index contributed by atoms with van der Waals surface area (Å²) in [4.78, 5) is 14.2. The van der Waals surface area contributed by atoms with E-state index in [-0.39, 0.29) is 26.4 Å². The first kappa shape index (κ1) is 19.3. The van der Waals surface area contributed by atoms with Crippen LogP contribution in [0, 0.1) is 10.1 Å². The van der Waals surface area contributed by atoms with Gasteiger partial charge in [-0.2, -0.15) is 8.42 Å². The number of benzene rings is 2. The van der Waals surface area contributed by atoms with Gasteiger partial charge in [-0.05, 0) is 40.2 Å². The van der Waals surface area contributed by atoms with E-state index in [0.717, 1.165) is 12.1 Å². The van der Waals surface area contributed by atoms with Crippen LogP contribution in [0.2, 0.25) is 0 Å². The van der Waals surface area contributed by atoms with Gasteiger partial charge in [-0.3, -0.25) is 15.1 Å². The van der Waals surface area contributed by atoms with E-state index in [1.165, 1.54) is 30.5 Å². The van der Waals surface area contributed by atoms with Crippen LogP contribution in [0.1, 0.15) is 5.56 Å². The molecule has 0 aliphatic rings. The molecule has 2 aromatic rings. The van der Waals surface area contributed by atoms with E-state index >= 15 is 0 Å².